The summed E-state index contributed by atoms with van der Waals surface area (Å²) < 4.78 is 37.9. The first kappa shape index (κ1) is 25.7. The van der Waals surface area contributed by atoms with Crippen LogP contribution in [0.15, 0.2) is 53.6 Å². The van der Waals surface area contributed by atoms with E-state index in [2.05, 4.69) is 10.3 Å². The Labute approximate surface area is 204 Å². The van der Waals surface area contributed by atoms with E-state index in [0.717, 1.165) is 18.4 Å². The lowest BCUT2D eigenvalue weighted by Crippen LogP contribution is -2.31. The molecule has 0 aliphatic rings. The molecule has 1 heterocycles. The predicted octanol–water partition coefficient (Wildman–Crippen LogP) is 4.89. The highest BCUT2D eigenvalue weighted by Gasteiger charge is 2.23. The van der Waals surface area contributed by atoms with Gasteiger partial charge in [-0.2, -0.15) is 4.31 Å². The van der Waals surface area contributed by atoms with E-state index in [4.69, 9.17) is 9.47 Å². The minimum atomic E-state index is -3.59. The smallest absolute Gasteiger partial charge is 0.256 e. The number of carbonyl (C=O) groups excluding carboxylic acids is 1. The normalized spacial score (nSPS) is 11.4. The van der Waals surface area contributed by atoms with Crippen molar-refractivity contribution >= 4 is 32.3 Å². The van der Waals surface area contributed by atoms with Gasteiger partial charge in [0.25, 0.3) is 5.91 Å². The molecule has 0 spiro atoms. The number of ether oxygens (including phenoxy) is 2. The molecule has 3 rings (SSSR count). The second-order valence-electron chi connectivity index (χ2n) is 7.42. The number of rotatable bonds is 11. The van der Waals surface area contributed by atoms with Crippen LogP contribution in [0.2, 0.25) is 0 Å². The third kappa shape index (κ3) is 5.75. The topological polar surface area (TPSA) is 97.8 Å². The number of sulfonamides is 1. The van der Waals surface area contributed by atoms with E-state index in [-0.39, 0.29) is 10.8 Å². The van der Waals surface area contributed by atoms with Crippen LogP contribution in [-0.2, 0) is 10.0 Å². The van der Waals surface area contributed by atoms with Gasteiger partial charge in [0, 0.05) is 18.7 Å². The number of aromatic nitrogens is 1. The van der Waals surface area contributed by atoms with Gasteiger partial charge >= 0.3 is 0 Å². The van der Waals surface area contributed by atoms with Crippen LogP contribution in [0.3, 0.4) is 0 Å². The van der Waals surface area contributed by atoms with E-state index in [1.54, 1.807) is 32.5 Å². The SMILES string of the molecule is CCCCN(CC)S(=O)(=O)c1ccc(C(=O)Nc2cnc(-c3cc(OC)ccc3OC)s2)cc1. The molecule has 0 aliphatic heterocycles. The fourth-order valence-electron chi connectivity index (χ4n) is 3.33. The quantitative estimate of drug-likeness (QED) is 0.400. The van der Waals surface area contributed by atoms with Crippen molar-refractivity contribution in [3.05, 3.63) is 54.2 Å². The van der Waals surface area contributed by atoms with Gasteiger partial charge in [-0.3, -0.25) is 4.79 Å². The van der Waals surface area contributed by atoms with Crippen LogP contribution in [0.1, 0.15) is 37.0 Å². The van der Waals surface area contributed by atoms with Crippen molar-refractivity contribution in [2.75, 3.05) is 32.6 Å². The van der Waals surface area contributed by atoms with E-state index < -0.39 is 10.0 Å². The Morgan fingerprint density at radius 1 is 1.09 bits per heavy atom. The average molecular weight is 504 g/mol. The lowest BCUT2D eigenvalue weighted by atomic mass is 10.2. The third-order valence-corrected chi connectivity index (χ3v) is 8.18. The highest BCUT2D eigenvalue weighted by atomic mass is 32.2. The summed E-state index contributed by atoms with van der Waals surface area (Å²) in [5, 5.41) is 4.04. The lowest BCUT2D eigenvalue weighted by molar-refractivity contribution is 0.102. The molecule has 182 valence electrons. The molecule has 0 radical (unpaired) electrons. The van der Waals surface area contributed by atoms with Gasteiger partial charge in [-0.1, -0.05) is 31.6 Å². The van der Waals surface area contributed by atoms with Gasteiger partial charge in [0.2, 0.25) is 10.0 Å². The van der Waals surface area contributed by atoms with Gasteiger partial charge in [-0.15, -0.1) is 0 Å². The number of amides is 1. The largest absolute Gasteiger partial charge is 0.497 e. The molecule has 0 aliphatic carbocycles. The molecule has 0 fully saturated rings. The summed E-state index contributed by atoms with van der Waals surface area (Å²) in [6.07, 6.45) is 3.28. The molecule has 0 saturated carbocycles. The first-order valence-electron chi connectivity index (χ1n) is 10.9. The first-order valence-corrected chi connectivity index (χ1v) is 13.2. The van der Waals surface area contributed by atoms with Gasteiger partial charge in [0.1, 0.15) is 21.5 Å². The highest BCUT2D eigenvalue weighted by Crippen LogP contribution is 2.37. The summed E-state index contributed by atoms with van der Waals surface area (Å²) in [4.78, 5) is 17.3. The van der Waals surface area contributed by atoms with Gasteiger partial charge in [-0.05, 0) is 48.9 Å². The lowest BCUT2D eigenvalue weighted by Gasteiger charge is -2.20. The number of nitrogens with zero attached hydrogens (tertiary/aromatic N) is 2. The minimum Gasteiger partial charge on any atom is -0.497 e. The molecule has 0 bridgehead atoms. The van der Waals surface area contributed by atoms with Crippen LogP contribution < -0.4 is 14.8 Å². The van der Waals surface area contributed by atoms with Crippen molar-refractivity contribution in [2.24, 2.45) is 0 Å². The second-order valence-corrected chi connectivity index (χ2v) is 10.4. The number of methoxy groups -OCH3 is 2. The maximum absolute atomic E-state index is 12.9. The number of hydrogen-bond donors (Lipinski definition) is 1. The molecule has 1 aromatic heterocycles. The van der Waals surface area contributed by atoms with Gasteiger partial charge in [-0.25, -0.2) is 13.4 Å². The van der Waals surface area contributed by atoms with E-state index in [9.17, 15) is 13.2 Å². The summed E-state index contributed by atoms with van der Waals surface area (Å²) in [6.45, 7) is 4.71. The molecule has 8 nitrogen and oxygen atoms in total. The molecule has 34 heavy (non-hydrogen) atoms. The maximum Gasteiger partial charge on any atom is 0.256 e. The monoisotopic (exact) mass is 503 g/mol. The van der Waals surface area contributed by atoms with Gasteiger partial charge in [0.15, 0.2) is 0 Å². The number of thiazole rings is 1. The van der Waals surface area contributed by atoms with Gasteiger partial charge < -0.3 is 14.8 Å². The van der Waals surface area contributed by atoms with Crippen LogP contribution in [-0.4, -0.2) is 50.9 Å². The number of carbonyl (C=O) groups is 1. The third-order valence-electron chi connectivity index (χ3n) is 5.25. The van der Waals surface area contributed by atoms with Crippen LogP contribution in [0.25, 0.3) is 10.6 Å². The zero-order chi connectivity index (χ0) is 24.7. The van der Waals surface area contributed by atoms with Gasteiger partial charge in [0.05, 0.1) is 30.9 Å². The molecule has 2 aromatic carbocycles. The number of anilines is 1. The van der Waals surface area contributed by atoms with Crippen molar-refractivity contribution in [3.8, 4) is 22.1 Å². The highest BCUT2D eigenvalue weighted by molar-refractivity contribution is 7.89. The van der Waals surface area contributed by atoms with Crippen molar-refractivity contribution in [1.82, 2.24) is 9.29 Å². The number of hydrogen-bond acceptors (Lipinski definition) is 7. The summed E-state index contributed by atoms with van der Waals surface area (Å²) in [7, 11) is -0.431. The Hall–Kier alpha value is -2.95. The molecular weight excluding hydrogens is 474 g/mol. The second kappa shape index (κ2) is 11.5. The number of unbranched alkanes of at least 4 members (excludes halogenated alkanes) is 1. The fraction of sp³-hybridized carbons (Fsp3) is 0.333. The predicted molar refractivity (Wildman–Crippen MR) is 134 cm³/mol. The Balaban J connectivity index is 1.75. The van der Waals surface area contributed by atoms with E-state index in [1.807, 2.05) is 19.9 Å². The Morgan fingerprint density at radius 2 is 1.82 bits per heavy atom. The molecule has 1 N–H and O–H groups in total. The minimum absolute atomic E-state index is 0.173. The molecular formula is C24H29N3O5S2. The molecule has 0 atom stereocenters. The van der Waals surface area contributed by atoms with E-state index in [1.165, 1.54) is 39.9 Å². The van der Waals surface area contributed by atoms with Crippen molar-refractivity contribution < 1.29 is 22.7 Å². The van der Waals surface area contributed by atoms with E-state index in [0.29, 0.717) is 40.2 Å². The standard InChI is InChI=1S/C24H29N3O5S2/c1-5-7-14-27(6-2)34(29,30)19-11-8-17(9-12-19)23(28)26-22-16-25-24(33-22)20-15-18(31-3)10-13-21(20)32-4/h8-13,15-16H,5-7,14H2,1-4H3,(H,26,28). The summed E-state index contributed by atoms with van der Waals surface area (Å²) in [5.74, 6) is 0.961. The van der Waals surface area contributed by atoms with Crippen molar-refractivity contribution in [3.63, 3.8) is 0 Å². The molecule has 1 amide bonds. The Morgan fingerprint density at radius 3 is 2.44 bits per heavy atom. The molecule has 0 unspecified atom stereocenters. The van der Waals surface area contributed by atoms with Crippen LogP contribution in [0, 0.1) is 0 Å². The fourth-order valence-corrected chi connectivity index (χ4v) is 5.65. The summed E-state index contributed by atoms with van der Waals surface area (Å²) in [5.41, 5.74) is 1.11. The number of benzene rings is 2. The van der Waals surface area contributed by atoms with Crippen LogP contribution in [0.5, 0.6) is 11.5 Å². The van der Waals surface area contributed by atoms with Crippen molar-refractivity contribution in [1.29, 1.82) is 0 Å². The Kier molecular flexibility index (Phi) is 8.65. The Bertz CT molecular complexity index is 1220. The first-order chi connectivity index (χ1) is 16.3. The van der Waals surface area contributed by atoms with Crippen LogP contribution >= 0.6 is 11.3 Å². The number of nitrogens with one attached hydrogen (secondary N) is 1. The zero-order valence-corrected chi connectivity index (χ0v) is 21.3. The molecule has 0 saturated heterocycles. The maximum atomic E-state index is 12.9. The van der Waals surface area contributed by atoms with Crippen molar-refractivity contribution in [2.45, 2.75) is 31.6 Å². The van der Waals surface area contributed by atoms with Crippen LogP contribution in [0.4, 0.5) is 5.00 Å². The molecule has 10 heteroatoms. The zero-order valence-electron chi connectivity index (χ0n) is 19.7. The average Bonchev–Trinajstić information content (AvgIpc) is 3.32. The molecule has 3 aromatic rings. The van der Waals surface area contributed by atoms with E-state index >= 15 is 0 Å². The summed E-state index contributed by atoms with van der Waals surface area (Å²) >= 11 is 1.30. The summed E-state index contributed by atoms with van der Waals surface area (Å²) in [6, 6.07) is 11.4.